The summed E-state index contributed by atoms with van der Waals surface area (Å²) >= 11 is 0. The summed E-state index contributed by atoms with van der Waals surface area (Å²) in [4.78, 5) is 11.4. The Morgan fingerprint density at radius 1 is 1.14 bits per heavy atom. The Kier molecular flexibility index (Phi) is 3.69. The molecule has 0 radical (unpaired) electrons. The second kappa shape index (κ2) is 5.79. The van der Waals surface area contributed by atoms with Crippen LogP contribution in [0.3, 0.4) is 0 Å². The molecule has 21 heavy (non-hydrogen) atoms. The quantitative estimate of drug-likeness (QED) is 0.795. The molecule has 0 saturated carbocycles. The van der Waals surface area contributed by atoms with E-state index < -0.39 is 0 Å². The summed E-state index contributed by atoms with van der Waals surface area (Å²) in [5.74, 6) is 0.576. The van der Waals surface area contributed by atoms with Crippen molar-refractivity contribution in [3.8, 4) is 0 Å². The zero-order valence-electron chi connectivity index (χ0n) is 11.9. The van der Waals surface area contributed by atoms with Crippen LogP contribution >= 0.6 is 0 Å². The van der Waals surface area contributed by atoms with Crippen LogP contribution in [-0.2, 0) is 11.3 Å². The zero-order valence-corrected chi connectivity index (χ0v) is 11.9. The lowest BCUT2D eigenvalue weighted by atomic mass is 10.0. The second-order valence-corrected chi connectivity index (χ2v) is 4.94. The smallest absolute Gasteiger partial charge is 0.225 e. The third-order valence-corrected chi connectivity index (χ3v) is 3.44. The highest BCUT2D eigenvalue weighted by molar-refractivity contribution is 5.89. The van der Waals surface area contributed by atoms with Gasteiger partial charge in [0.2, 0.25) is 5.91 Å². The number of nitrogens with one attached hydrogen (secondary N) is 1. The molecule has 0 spiro atoms. The molecule has 0 fully saturated rings. The first-order valence-electron chi connectivity index (χ1n) is 7.06. The van der Waals surface area contributed by atoms with E-state index in [1.54, 1.807) is 0 Å². The van der Waals surface area contributed by atoms with Crippen LogP contribution in [0.15, 0.2) is 54.7 Å². The molecule has 4 nitrogen and oxygen atoms in total. The van der Waals surface area contributed by atoms with Crippen molar-refractivity contribution in [2.45, 2.75) is 19.9 Å². The molecule has 0 unspecified atom stereocenters. The lowest BCUT2D eigenvalue weighted by Gasteiger charge is -2.06. The van der Waals surface area contributed by atoms with Crippen LogP contribution in [-0.4, -0.2) is 15.7 Å². The van der Waals surface area contributed by atoms with Crippen LogP contribution in [0.4, 0.5) is 5.82 Å². The van der Waals surface area contributed by atoms with E-state index in [0.29, 0.717) is 18.8 Å². The van der Waals surface area contributed by atoms with Gasteiger partial charge in [0.1, 0.15) is 0 Å². The van der Waals surface area contributed by atoms with Crippen molar-refractivity contribution in [2.24, 2.45) is 0 Å². The minimum Gasteiger partial charge on any atom is -0.309 e. The number of rotatable bonds is 4. The highest BCUT2D eigenvalue weighted by Gasteiger charge is 2.05. The molecule has 0 saturated heterocycles. The molecule has 106 valence electrons. The average Bonchev–Trinajstić information content (AvgIpc) is 2.94. The van der Waals surface area contributed by atoms with Gasteiger partial charge in [-0.15, -0.1) is 0 Å². The third-order valence-electron chi connectivity index (χ3n) is 3.44. The fourth-order valence-electron chi connectivity index (χ4n) is 2.35. The summed E-state index contributed by atoms with van der Waals surface area (Å²) < 4.78 is 1.84. The van der Waals surface area contributed by atoms with Gasteiger partial charge >= 0.3 is 0 Å². The van der Waals surface area contributed by atoms with Crippen LogP contribution in [0, 0.1) is 0 Å². The summed E-state index contributed by atoms with van der Waals surface area (Å²) in [5.41, 5.74) is 1.21. The lowest BCUT2D eigenvalue weighted by Crippen LogP contribution is -2.10. The number of benzene rings is 2. The standard InChI is InChI=1S/C17H17N3O/c1-2-17(21)18-16-10-11-20(19-16)12-14-8-5-7-13-6-3-4-9-15(13)14/h3-11H,2,12H2,1H3,(H,18,19,21). The fourth-order valence-corrected chi connectivity index (χ4v) is 2.35. The first kappa shape index (κ1) is 13.4. The van der Waals surface area contributed by atoms with Gasteiger partial charge in [0.15, 0.2) is 5.82 Å². The molecule has 1 N–H and O–H groups in total. The number of hydrogen-bond acceptors (Lipinski definition) is 2. The van der Waals surface area contributed by atoms with Crippen molar-refractivity contribution < 1.29 is 4.79 Å². The predicted octanol–water partition coefficient (Wildman–Crippen LogP) is 3.43. The largest absolute Gasteiger partial charge is 0.309 e. The van der Waals surface area contributed by atoms with E-state index in [4.69, 9.17) is 0 Å². The van der Waals surface area contributed by atoms with Gasteiger partial charge in [0.25, 0.3) is 0 Å². The van der Waals surface area contributed by atoms with Crippen molar-refractivity contribution in [1.29, 1.82) is 0 Å². The Hall–Kier alpha value is -2.62. The molecule has 3 rings (SSSR count). The molecule has 1 heterocycles. The Morgan fingerprint density at radius 2 is 1.95 bits per heavy atom. The van der Waals surface area contributed by atoms with E-state index in [1.165, 1.54) is 16.3 Å². The highest BCUT2D eigenvalue weighted by Crippen LogP contribution is 2.19. The second-order valence-electron chi connectivity index (χ2n) is 4.94. The number of carbonyl (C=O) groups is 1. The number of nitrogens with zero attached hydrogens (tertiary/aromatic N) is 2. The monoisotopic (exact) mass is 279 g/mol. The minimum atomic E-state index is -0.0228. The molecular formula is C17H17N3O. The average molecular weight is 279 g/mol. The van der Waals surface area contributed by atoms with Gasteiger partial charge in [-0.25, -0.2) is 0 Å². The Labute approximate surface area is 123 Å². The third kappa shape index (κ3) is 2.94. The molecule has 1 aromatic heterocycles. The van der Waals surface area contributed by atoms with E-state index in [-0.39, 0.29) is 5.91 Å². The van der Waals surface area contributed by atoms with Crippen molar-refractivity contribution in [2.75, 3.05) is 5.32 Å². The molecule has 4 heteroatoms. The van der Waals surface area contributed by atoms with Gasteiger partial charge in [-0.05, 0) is 16.3 Å². The zero-order chi connectivity index (χ0) is 14.7. The topological polar surface area (TPSA) is 46.9 Å². The minimum absolute atomic E-state index is 0.0228. The summed E-state index contributed by atoms with van der Waals surface area (Å²) in [6.07, 6.45) is 2.34. The van der Waals surface area contributed by atoms with Gasteiger partial charge in [-0.2, -0.15) is 5.10 Å². The van der Waals surface area contributed by atoms with Gasteiger partial charge in [0, 0.05) is 18.7 Å². The summed E-state index contributed by atoms with van der Waals surface area (Å²) in [7, 11) is 0. The first-order valence-corrected chi connectivity index (χ1v) is 7.06. The number of amides is 1. The van der Waals surface area contributed by atoms with Gasteiger partial charge < -0.3 is 5.32 Å². The van der Waals surface area contributed by atoms with E-state index in [0.717, 1.165) is 0 Å². The maximum absolute atomic E-state index is 11.4. The molecule has 2 aromatic carbocycles. The molecular weight excluding hydrogens is 262 g/mol. The Balaban J connectivity index is 1.84. The molecule has 0 aliphatic rings. The van der Waals surface area contributed by atoms with Crippen LogP contribution in [0.2, 0.25) is 0 Å². The normalized spacial score (nSPS) is 10.7. The Morgan fingerprint density at radius 3 is 2.81 bits per heavy atom. The molecule has 0 aliphatic heterocycles. The molecule has 0 bridgehead atoms. The highest BCUT2D eigenvalue weighted by atomic mass is 16.1. The SMILES string of the molecule is CCC(=O)Nc1ccn(Cc2cccc3ccccc23)n1. The van der Waals surface area contributed by atoms with E-state index >= 15 is 0 Å². The predicted molar refractivity (Wildman–Crippen MR) is 84.2 cm³/mol. The molecule has 1 amide bonds. The lowest BCUT2D eigenvalue weighted by molar-refractivity contribution is -0.115. The van der Waals surface area contributed by atoms with Crippen LogP contribution in [0.5, 0.6) is 0 Å². The van der Waals surface area contributed by atoms with E-state index in [2.05, 4.69) is 40.7 Å². The fraction of sp³-hybridized carbons (Fsp3) is 0.176. The Bertz CT molecular complexity index is 771. The summed E-state index contributed by atoms with van der Waals surface area (Å²) in [6, 6.07) is 16.4. The van der Waals surface area contributed by atoms with Crippen LogP contribution < -0.4 is 5.32 Å². The molecule has 0 atom stereocenters. The molecule has 3 aromatic rings. The van der Waals surface area contributed by atoms with Crippen molar-refractivity contribution in [3.63, 3.8) is 0 Å². The summed E-state index contributed by atoms with van der Waals surface area (Å²) in [6.45, 7) is 2.51. The number of fused-ring (bicyclic) bond motifs is 1. The van der Waals surface area contributed by atoms with E-state index in [1.807, 2.05) is 36.0 Å². The first-order chi connectivity index (χ1) is 10.3. The van der Waals surface area contributed by atoms with Gasteiger partial charge in [-0.3, -0.25) is 9.48 Å². The van der Waals surface area contributed by atoms with Crippen molar-refractivity contribution >= 4 is 22.5 Å². The molecule has 0 aliphatic carbocycles. The number of aromatic nitrogens is 2. The van der Waals surface area contributed by atoms with Crippen LogP contribution in [0.1, 0.15) is 18.9 Å². The summed E-state index contributed by atoms with van der Waals surface area (Å²) in [5, 5.41) is 9.60. The number of carbonyl (C=O) groups excluding carboxylic acids is 1. The maximum Gasteiger partial charge on any atom is 0.225 e. The maximum atomic E-state index is 11.4. The number of hydrogen-bond donors (Lipinski definition) is 1. The van der Waals surface area contributed by atoms with E-state index in [9.17, 15) is 4.79 Å². The van der Waals surface area contributed by atoms with Crippen molar-refractivity contribution in [3.05, 3.63) is 60.3 Å². The van der Waals surface area contributed by atoms with Crippen LogP contribution in [0.25, 0.3) is 10.8 Å². The van der Waals surface area contributed by atoms with Gasteiger partial charge in [-0.1, -0.05) is 49.4 Å². The number of anilines is 1. The van der Waals surface area contributed by atoms with Gasteiger partial charge in [0.05, 0.1) is 6.54 Å². The van der Waals surface area contributed by atoms with Crippen molar-refractivity contribution in [1.82, 2.24) is 9.78 Å².